The van der Waals surface area contributed by atoms with E-state index in [1.807, 2.05) is 12.1 Å². The molecule has 6 rings (SSSR count). The lowest BCUT2D eigenvalue weighted by Crippen LogP contribution is -2.35. The van der Waals surface area contributed by atoms with Crippen molar-refractivity contribution in [1.29, 1.82) is 5.26 Å². The van der Waals surface area contributed by atoms with Crippen LogP contribution in [0.1, 0.15) is 25.7 Å². The molecule has 0 saturated carbocycles. The number of nitriles is 1. The summed E-state index contributed by atoms with van der Waals surface area (Å²) in [6, 6.07) is 13.9. The van der Waals surface area contributed by atoms with Crippen molar-refractivity contribution in [3.63, 3.8) is 0 Å². The van der Waals surface area contributed by atoms with E-state index >= 15 is 4.39 Å². The van der Waals surface area contributed by atoms with Crippen molar-refractivity contribution in [3.05, 3.63) is 60.3 Å². The summed E-state index contributed by atoms with van der Waals surface area (Å²) in [5.74, 6) is -0.673. The summed E-state index contributed by atoms with van der Waals surface area (Å²) >= 11 is 0. The second-order valence-electron chi connectivity index (χ2n) is 9.75. The molecule has 1 atom stereocenters. The summed E-state index contributed by atoms with van der Waals surface area (Å²) in [6.07, 6.45) is 5.62. The van der Waals surface area contributed by atoms with E-state index in [4.69, 9.17) is 10.7 Å². The van der Waals surface area contributed by atoms with Crippen LogP contribution < -0.4 is 15.5 Å². The minimum atomic E-state index is -0.568. The zero-order valence-corrected chi connectivity index (χ0v) is 20.4. The lowest BCUT2D eigenvalue weighted by atomic mass is 9.99. The number of benzene rings is 2. The second kappa shape index (κ2) is 9.36. The highest BCUT2D eigenvalue weighted by molar-refractivity contribution is 5.91. The second-order valence-corrected chi connectivity index (χ2v) is 9.75. The maximum atomic E-state index is 15.7. The van der Waals surface area contributed by atoms with Gasteiger partial charge in [-0.25, -0.2) is 18.7 Å². The topological polar surface area (TPSA) is 87.0 Å². The minimum absolute atomic E-state index is 0.0298. The van der Waals surface area contributed by atoms with Gasteiger partial charge in [0.05, 0.1) is 29.0 Å². The molecule has 7 nitrogen and oxygen atoms in total. The number of piperidine rings is 1. The molecule has 4 heterocycles. The number of pyridine rings is 1. The van der Waals surface area contributed by atoms with Crippen LogP contribution in [0.5, 0.6) is 0 Å². The molecule has 2 aliphatic heterocycles. The van der Waals surface area contributed by atoms with Crippen LogP contribution in [0, 0.1) is 28.9 Å². The van der Waals surface area contributed by atoms with Gasteiger partial charge in [0.25, 0.3) is 0 Å². The molecule has 188 valence electrons. The number of hydrogen-bond acceptors (Lipinski definition) is 6. The fourth-order valence-electron chi connectivity index (χ4n) is 5.45. The van der Waals surface area contributed by atoms with Gasteiger partial charge in [0.15, 0.2) is 5.65 Å². The molecular weight excluding hydrogens is 472 g/mol. The third-order valence-corrected chi connectivity index (χ3v) is 7.37. The molecule has 2 aliphatic rings. The summed E-state index contributed by atoms with van der Waals surface area (Å²) in [4.78, 5) is 13.8. The first kappa shape index (κ1) is 23.2. The first-order chi connectivity index (χ1) is 18.0. The number of rotatable bonds is 4. The Balaban J connectivity index is 1.54. The third-order valence-electron chi connectivity index (χ3n) is 7.37. The van der Waals surface area contributed by atoms with Gasteiger partial charge < -0.3 is 15.5 Å². The number of anilines is 3. The van der Waals surface area contributed by atoms with Crippen molar-refractivity contribution in [2.24, 2.45) is 5.92 Å². The van der Waals surface area contributed by atoms with E-state index < -0.39 is 11.6 Å². The number of fused-ring (bicyclic) bond motifs is 1. The van der Waals surface area contributed by atoms with Crippen LogP contribution in [0.3, 0.4) is 0 Å². The number of nitrogen functional groups attached to an aromatic ring is 1. The van der Waals surface area contributed by atoms with E-state index in [1.54, 1.807) is 29.0 Å². The van der Waals surface area contributed by atoms with Crippen molar-refractivity contribution in [3.8, 4) is 23.1 Å². The molecule has 0 bridgehead atoms. The molecule has 0 amide bonds. The van der Waals surface area contributed by atoms with Crippen LogP contribution in [0.4, 0.5) is 25.8 Å². The van der Waals surface area contributed by atoms with Crippen LogP contribution in [-0.4, -0.2) is 40.7 Å². The quantitative estimate of drug-likeness (QED) is 0.384. The summed E-state index contributed by atoms with van der Waals surface area (Å²) in [5.41, 5.74) is 9.23. The van der Waals surface area contributed by atoms with Gasteiger partial charge in [0, 0.05) is 43.6 Å². The fraction of sp³-hybridized carbons (Fsp3) is 0.321. The maximum absolute atomic E-state index is 15.7. The summed E-state index contributed by atoms with van der Waals surface area (Å²) in [6.45, 7) is 3.20. The Kier molecular flexibility index (Phi) is 5.87. The Bertz CT molecular complexity index is 1520. The van der Waals surface area contributed by atoms with E-state index in [9.17, 15) is 9.65 Å². The van der Waals surface area contributed by atoms with Crippen molar-refractivity contribution >= 4 is 28.2 Å². The van der Waals surface area contributed by atoms with Crippen LogP contribution in [0.15, 0.2) is 48.7 Å². The number of hydrogen-bond donors (Lipinski definition) is 1. The van der Waals surface area contributed by atoms with Crippen LogP contribution >= 0.6 is 0 Å². The molecule has 2 N–H and O–H groups in total. The number of aromatic nitrogens is 3. The minimum Gasteiger partial charge on any atom is -0.396 e. The Labute approximate surface area is 213 Å². The first-order valence-electron chi connectivity index (χ1n) is 12.7. The standard InChI is InChI=1S/C28H27F2N7/c29-21-14-19(5-7-23(21)32)27-34-26-25(36-13-3-4-18(16-31)17-36)9-10-33-28(26)37(27)24-8-6-20(15-22(24)30)35-11-1-2-12-35/h5-10,14-15,18H,1-4,11-13,17,32H2. The molecule has 1 unspecified atom stereocenters. The van der Waals surface area contributed by atoms with Crippen molar-refractivity contribution in [1.82, 2.24) is 14.5 Å². The van der Waals surface area contributed by atoms with Crippen molar-refractivity contribution < 1.29 is 8.78 Å². The average molecular weight is 500 g/mol. The van der Waals surface area contributed by atoms with E-state index in [1.165, 1.54) is 12.1 Å². The van der Waals surface area contributed by atoms with Gasteiger partial charge >= 0.3 is 0 Å². The predicted octanol–water partition coefficient (Wildman–Crippen LogP) is 5.29. The highest BCUT2D eigenvalue weighted by Crippen LogP contribution is 2.36. The van der Waals surface area contributed by atoms with E-state index in [2.05, 4.69) is 20.9 Å². The van der Waals surface area contributed by atoms with Gasteiger partial charge in [-0.1, -0.05) is 0 Å². The normalized spacial score (nSPS) is 17.9. The Morgan fingerprint density at radius 3 is 2.49 bits per heavy atom. The van der Waals surface area contributed by atoms with E-state index in [0.717, 1.165) is 56.7 Å². The van der Waals surface area contributed by atoms with Crippen LogP contribution in [-0.2, 0) is 0 Å². The molecule has 2 aromatic carbocycles. The third kappa shape index (κ3) is 4.12. The number of nitrogens with two attached hydrogens (primary N) is 1. The van der Waals surface area contributed by atoms with Crippen molar-refractivity contribution in [2.75, 3.05) is 41.7 Å². The van der Waals surface area contributed by atoms with E-state index in [-0.39, 0.29) is 17.3 Å². The summed E-state index contributed by atoms with van der Waals surface area (Å²) in [7, 11) is 0. The zero-order chi connectivity index (χ0) is 25.5. The van der Waals surface area contributed by atoms with Gasteiger partial charge in [-0.15, -0.1) is 0 Å². The molecule has 0 spiro atoms. The molecule has 2 fully saturated rings. The molecule has 4 aromatic rings. The Morgan fingerprint density at radius 2 is 1.73 bits per heavy atom. The SMILES string of the molecule is N#CC1CCCN(c2ccnc3c2nc(-c2ccc(N)c(F)c2)n3-c2ccc(N3CCCC3)cc2F)C1. The summed E-state index contributed by atoms with van der Waals surface area (Å²) < 4.78 is 31.9. The highest BCUT2D eigenvalue weighted by atomic mass is 19.1. The van der Waals surface area contributed by atoms with Crippen LogP contribution in [0.25, 0.3) is 28.2 Å². The van der Waals surface area contributed by atoms with E-state index in [0.29, 0.717) is 29.1 Å². The van der Waals surface area contributed by atoms with Crippen molar-refractivity contribution in [2.45, 2.75) is 25.7 Å². The summed E-state index contributed by atoms with van der Waals surface area (Å²) in [5, 5.41) is 9.49. The van der Waals surface area contributed by atoms with Crippen LogP contribution in [0.2, 0.25) is 0 Å². The van der Waals surface area contributed by atoms with Gasteiger partial charge in [0.1, 0.15) is 23.0 Å². The molecule has 2 saturated heterocycles. The van der Waals surface area contributed by atoms with Gasteiger partial charge in [-0.2, -0.15) is 5.26 Å². The molecule has 0 radical (unpaired) electrons. The molecule has 2 aromatic heterocycles. The van der Waals surface area contributed by atoms with Gasteiger partial charge in [-0.05, 0) is 68.1 Å². The number of nitrogens with zero attached hydrogens (tertiary/aromatic N) is 6. The van der Waals surface area contributed by atoms with Gasteiger partial charge in [-0.3, -0.25) is 4.57 Å². The molecule has 9 heteroatoms. The molecule has 0 aliphatic carbocycles. The molecule has 37 heavy (non-hydrogen) atoms. The monoisotopic (exact) mass is 499 g/mol. The number of imidazole rings is 1. The highest BCUT2D eigenvalue weighted by Gasteiger charge is 2.26. The first-order valence-corrected chi connectivity index (χ1v) is 12.7. The lowest BCUT2D eigenvalue weighted by molar-refractivity contribution is 0.494. The average Bonchev–Trinajstić information content (AvgIpc) is 3.59. The molecular formula is C28H27F2N7. The zero-order valence-electron chi connectivity index (χ0n) is 20.4. The Morgan fingerprint density at radius 1 is 0.919 bits per heavy atom. The number of halogens is 2. The fourth-order valence-corrected chi connectivity index (χ4v) is 5.45. The predicted molar refractivity (Wildman–Crippen MR) is 141 cm³/mol. The maximum Gasteiger partial charge on any atom is 0.167 e. The lowest BCUT2D eigenvalue weighted by Gasteiger charge is -2.31. The smallest absolute Gasteiger partial charge is 0.167 e. The largest absolute Gasteiger partial charge is 0.396 e. The Hall–Kier alpha value is -4.19. The van der Waals surface area contributed by atoms with Gasteiger partial charge in [0.2, 0.25) is 0 Å².